The van der Waals surface area contributed by atoms with E-state index in [0.717, 1.165) is 0 Å². The summed E-state index contributed by atoms with van der Waals surface area (Å²) >= 11 is 11.8. The number of hydrogen-bond donors (Lipinski definition) is 0. The van der Waals surface area contributed by atoms with Crippen molar-refractivity contribution >= 4 is 29.1 Å². The Morgan fingerprint density at radius 3 is 2.86 bits per heavy atom. The van der Waals surface area contributed by atoms with E-state index < -0.39 is 0 Å². The van der Waals surface area contributed by atoms with Gasteiger partial charge in [0, 0.05) is 18.1 Å². The summed E-state index contributed by atoms with van der Waals surface area (Å²) in [6.45, 7) is 2.80. The number of aromatic nitrogens is 2. The molecule has 22 heavy (non-hydrogen) atoms. The molecule has 1 aliphatic heterocycles. The lowest BCUT2D eigenvalue weighted by molar-refractivity contribution is -0.138. The molecule has 116 valence electrons. The molecule has 0 radical (unpaired) electrons. The van der Waals surface area contributed by atoms with Crippen LogP contribution < -0.4 is 4.74 Å². The van der Waals surface area contributed by atoms with E-state index in [1.165, 1.54) is 0 Å². The maximum atomic E-state index is 12.0. The van der Waals surface area contributed by atoms with Crippen molar-refractivity contribution in [1.29, 1.82) is 0 Å². The quantitative estimate of drug-likeness (QED) is 0.855. The van der Waals surface area contributed by atoms with Gasteiger partial charge in [-0.2, -0.15) is 4.98 Å². The van der Waals surface area contributed by atoms with E-state index in [-0.39, 0.29) is 18.4 Å². The van der Waals surface area contributed by atoms with E-state index in [1.54, 1.807) is 30.0 Å². The third-order valence-corrected chi connectivity index (χ3v) is 3.90. The smallest absolute Gasteiger partial charge is 0.260 e. The molecular weight excluding hydrogens is 329 g/mol. The molecule has 0 spiro atoms. The fraction of sp³-hybridized carbons (Fsp3) is 0.357. The van der Waals surface area contributed by atoms with Crippen LogP contribution in [-0.4, -0.2) is 40.6 Å². The van der Waals surface area contributed by atoms with E-state index >= 15 is 0 Å². The monoisotopic (exact) mass is 341 g/mol. The summed E-state index contributed by atoms with van der Waals surface area (Å²) in [5, 5.41) is 4.64. The van der Waals surface area contributed by atoms with Gasteiger partial charge in [-0.05, 0) is 25.1 Å². The standard InChI is InChI=1S/C14H13Cl2N3O3/c1-8-17-14(22-18-8)9-5-19(6-9)13(20)7-21-12-3-2-10(15)4-11(12)16/h2-4,9H,5-7H2,1H3. The Morgan fingerprint density at radius 2 is 2.23 bits per heavy atom. The van der Waals surface area contributed by atoms with Crippen LogP contribution in [0.25, 0.3) is 0 Å². The molecule has 1 amide bonds. The molecule has 0 bridgehead atoms. The molecule has 1 aliphatic rings. The minimum Gasteiger partial charge on any atom is -0.482 e. The summed E-state index contributed by atoms with van der Waals surface area (Å²) < 4.78 is 10.5. The number of nitrogens with zero attached hydrogens (tertiary/aromatic N) is 3. The van der Waals surface area contributed by atoms with Crippen LogP contribution in [0.5, 0.6) is 5.75 Å². The highest BCUT2D eigenvalue weighted by atomic mass is 35.5. The van der Waals surface area contributed by atoms with Gasteiger partial charge in [0.05, 0.1) is 10.9 Å². The van der Waals surface area contributed by atoms with Gasteiger partial charge in [-0.3, -0.25) is 4.79 Å². The van der Waals surface area contributed by atoms with Crippen LogP contribution in [0.4, 0.5) is 0 Å². The van der Waals surface area contributed by atoms with E-state index in [2.05, 4.69) is 10.1 Å². The lowest BCUT2D eigenvalue weighted by atomic mass is 10.0. The van der Waals surface area contributed by atoms with Crippen LogP contribution >= 0.6 is 23.2 Å². The number of carbonyl (C=O) groups is 1. The maximum absolute atomic E-state index is 12.0. The lowest BCUT2D eigenvalue weighted by Crippen LogP contribution is -2.50. The van der Waals surface area contributed by atoms with Crippen molar-refractivity contribution in [3.8, 4) is 5.75 Å². The molecule has 3 rings (SSSR count). The fourth-order valence-electron chi connectivity index (χ4n) is 2.14. The SMILES string of the molecule is Cc1noc(C2CN(C(=O)COc3ccc(Cl)cc3Cl)C2)n1. The van der Waals surface area contributed by atoms with Crippen molar-refractivity contribution in [2.24, 2.45) is 0 Å². The number of benzene rings is 1. The summed E-state index contributed by atoms with van der Waals surface area (Å²) in [6.07, 6.45) is 0. The van der Waals surface area contributed by atoms with E-state index in [4.69, 9.17) is 32.5 Å². The number of aryl methyl sites for hydroxylation is 1. The molecule has 0 aliphatic carbocycles. The summed E-state index contributed by atoms with van der Waals surface area (Å²) in [5.74, 6) is 1.59. The van der Waals surface area contributed by atoms with Gasteiger partial charge in [0.25, 0.3) is 5.91 Å². The van der Waals surface area contributed by atoms with Crippen molar-refractivity contribution in [3.05, 3.63) is 40.0 Å². The zero-order valence-electron chi connectivity index (χ0n) is 11.8. The number of likely N-dealkylation sites (tertiary alicyclic amines) is 1. The number of halogens is 2. The van der Waals surface area contributed by atoms with Gasteiger partial charge >= 0.3 is 0 Å². The Hall–Kier alpha value is -1.79. The maximum Gasteiger partial charge on any atom is 0.260 e. The number of carbonyl (C=O) groups excluding carboxylic acids is 1. The van der Waals surface area contributed by atoms with Gasteiger partial charge in [-0.1, -0.05) is 28.4 Å². The molecule has 1 aromatic heterocycles. The second-order valence-electron chi connectivity index (χ2n) is 5.04. The molecule has 0 unspecified atom stereocenters. The summed E-state index contributed by atoms with van der Waals surface area (Å²) in [6, 6.07) is 4.86. The van der Waals surface area contributed by atoms with Crippen molar-refractivity contribution in [3.63, 3.8) is 0 Å². The molecule has 8 heteroatoms. The van der Waals surface area contributed by atoms with Gasteiger partial charge in [-0.25, -0.2) is 0 Å². The van der Waals surface area contributed by atoms with Gasteiger partial charge < -0.3 is 14.2 Å². The first-order valence-corrected chi connectivity index (χ1v) is 7.44. The Bertz CT molecular complexity index is 698. The molecule has 2 aromatic rings. The lowest BCUT2D eigenvalue weighted by Gasteiger charge is -2.36. The summed E-state index contributed by atoms with van der Waals surface area (Å²) in [4.78, 5) is 17.9. The van der Waals surface area contributed by atoms with Crippen molar-refractivity contribution in [2.45, 2.75) is 12.8 Å². The van der Waals surface area contributed by atoms with Crippen LogP contribution in [-0.2, 0) is 4.79 Å². The molecular formula is C14H13Cl2N3O3. The van der Waals surface area contributed by atoms with E-state index in [1.807, 2.05) is 0 Å². The molecule has 0 N–H and O–H groups in total. The zero-order chi connectivity index (χ0) is 15.7. The molecule has 1 fully saturated rings. The Balaban J connectivity index is 1.49. The highest BCUT2D eigenvalue weighted by molar-refractivity contribution is 6.35. The minimum absolute atomic E-state index is 0.0725. The van der Waals surface area contributed by atoms with Gasteiger partial charge in [0.15, 0.2) is 12.4 Å². The topological polar surface area (TPSA) is 68.5 Å². The van der Waals surface area contributed by atoms with Gasteiger partial charge in [0.1, 0.15) is 5.75 Å². The molecule has 1 aromatic carbocycles. The number of rotatable bonds is 4. The average Bonchev–Trinajstić information content (AvgIpc) is 2.82. The fourth-order valence-corrected chi connectivity index (χ4v) is 2.60. The predicted octanol–water partition coefficient (Wildman–Crippen LogP) is 2.69. The first-order valence-electron chi connectivity index (χ1n) is 6.69. The second-order valence-corrected chi connectivity index (χ2v) is 5.88. The average molecular weight is 342 g/mol. The normalized spacial score (nSPS) is 14.8. The van der Waals surface area contributed by atoms with Crippen LogP contribution in [0.3, 0.4) is 0 Å². The highest BCUT2D eigenvalue weighted by Gasteiger charge is 2.35. The van der Waals surface area contributed by atoms with Crippen LogP contribution in [0.1, 0.15) is 17.6 Å². The first-order chi connectivity index (χ1) is 10.5. The van der Waals surface area contributed by atoms with Gasteiger partial charge in [-0.15, -0.1) is 0 Å². The molecule has 1 saturated heterocycles. The van der Waals surface area contributed by atoms with E-state index in [0.29, 0.717) is 40.6 Å². The van der Waals surface area contributed by atoms with E-state index in [9.17, 15) is 4.79 Å². The number of ether oxygens (including phenoxy) is 1. The Kier molecular flexibility index (Phi) is 4.22. The summed E-state index contributed by atoms with van der Waals surface area (Å²) in [5.41, 5.74) is 0. The Labute approximate surface area is 136 Å². The van der Waals surface area contributed by atoms with Crippen LogP contribution in [0, 0.1) is 6.92 Å². The van der Waals surface area contributed by atoms with Crippen LogP contribution in [0.15, 0.2) is 22.7 Å². The molecule has 0 atom stereocenters. The highest BCUT2D eigenvalue weighted by Crippen LogP contribution is 2.28. The predicted molar refractivity (Wildman–Crippen MR) is 80.3 cm³/mol. The van der Waals surface area contributed by atoms with Crippen molar-refractivity contribution in [2.75, 3.05) is 19.7 Å². The van der Waals surface area contributed by atoms with Gasteiger partial charge in [0.2, 0.25) is 5.89 Å². The first kappa shape index (κ1) is 15.1. The van der Waals surface area contributed by atoms with Crippen LogP contribution in [0.2, 0.25) is 10.0 Å². The zero-order valence-corrected chi connectivity index (χ0v) is 13.3. The third kappa shape index (κ3) is 3.18. The molecule has 0 saturated carbocycles. The second kappa shape index (κ2) is 6.14. The Morgan fingerprint density at radius 1 is 1.45 bits per heavy atom. The number of hydrogen-bond acceptors (Lipinski definition) is 5. The number of amides is 1. The van der Waals surface area contributed by atoms with Crippen molar-refractivity contribution < 1.29 is 14.1 Å². The summed E-state index contributed by atoms with van der Waals surface area (Å²) in [7, 11) is 0. The molecule has 2 heterocycles. The minimum atomic E-state index is -0.112. The van der Waals surface area contributed by atoms with Crippen molar-refractivity contribution in [1.82, 2.24) is 15.0 Å². The molecule has 6 nitrogen and oxygen atoms in total. The third-order valence-electron chi connectivity index (χ3n) is 3.37. The largest absolute Gasteiger partial charge is 0.482 e.